The Labute approximate surface area is 230 Å². The maximum absolute atomic E-state index is 13.3. The maximum Gasteiger partial charge on any atom is 0.341 e. The molecule has 1 atom stereocenters. The van der Waals surface area contributed by atoms with Gasteiger partial charge < -0.3 is 19.8 Å². The Hall–Kier alpha value is -3.98. The van der Waals surface area contributed by atoms with Crippen LogP contribution in [-0.4, -0.2) is 40.5 Å². The zero-order chi connectivity index (χ0) is 27.4. The van der Waals surface area contributed by atoms with E-state index in [0.29, 0.717) is 27.5 Å². The monoisotopic (exact) mass is 545 g/mol. The highest BCUT2D eigenvalue weighted by molar-refractivity contribution is 7.17. The van der Waals surface area contributed by atoms with Crippen LogP contribution in [0.2, 0.25) is 0 Å². The van der Waals surface area contributed by atoms with Crippen molar-refractivity contribution < 1.29 is 23.9 Å². The number of amides is 1. The van der Waals surface area contributed by atoms with E-state index in [-0.39, 0.29) is 13.0 Å². The minimum Gasteiger partial charge on any atom is -0.462 e. The predicted molar refractivity (Wildman–Crippen MR) is 151 cm³/mol. The van der Waals surface area contributed by atoms with E-state index in [9.17, 15) is 14.4 Å². The van der Waals surface area contributed by atoms with Crippen LogP contribution < -0.4 is 5.32 Å². The molecule has 0 bridgehead atoms. The van der Waals surface area contributed by atoms with E-state index in [2.05, 4.69) is 15.3 Å². The molecule has 2 aromatic carbocycles. The van der Waals surface area contributed by atoms with E-state index >= 15 is 0 Å². The third kappa shape index (κ3) is 5.59. The van der Waals surface area contributed by atoms with Gasteiger partial charge in [0.1, 0.15) is 10.8 Å². The van der Waals surface area contributed by atoms with Crippen LogP contribution in [-0.2, 0) is 27.1 Å². The molecule has 2 aromatic heterocycles. The molecule has 2 heterocycles. The summed E-state index contributed by atoms with van der Waals surface area (Å²) >= 11 is 1.42. The molecule has 0 fully saturated rings. The number of rotatable bonds is 8. The number of hydrogen-bond acceptors (Lipinski definition) is 7. The van der Waals surface area contributed by atoms with Crippen molar-refractivity contribution in [1.29, 1.82) is 0 Å². The molecular weight excluding hydrogens is 514 g/mol. The molecule has 9 heteroatoms. The number of para-hydroxylation sites is 2. The van der Waals surface area contributed by atoms with Gasteiger partial charge in [0.25, 0.3) is 5.91 Å². The minimum atomic E-state index is -1.04. The zero-order valence-electron chi connectivity index (χ0n) is 22.0. The molecular formula is C30H31N3O5S. The van der Waals surface area contributed by atoms with Crippen LogP contribution in [0, 0.1) is 0 Å². The van der Waals surface area contributed by atoms with Crippen LogP contribution in [0.3, 0.4) is 0 Å². The first-order chi connectivity index (χ1) is 19.0. The second kappa shape index (κ2) is 11.8. The number of aryl methyl sites for hydroxylation is 1. The number of benzene rings is 2. The fraction of sp³-hybridized carbons (Fsp3) is 0.333. The average molecular weight is 546 g/mol. The highest BCUT2D eigenvalue weighted by atomic mass is 32.1. The van der Waals surface area contributed by atoms with Gasteiger partial charge in [-0.2, -0.15) is 0 Å². The van der Waals surface area contributed by atoms with Gasteiger partial charge in [-0.05, 0) is 62.8 Å². The second-order valence-electron chi connectivity index (χ2n) is 9.43. The topological polar surface area (TPSA) is 110 Å². The molecule has 0 aliphatic heterocycles. The number of esters is 2. The van der Waals surface area contributed by atoms with Crippen LogP contribution in [0.15, 0.2) is 48.5 Å². The molecule has 0 saturated carbocycles. The van der Waals surface area contributed by atoms with Crippen molar-refractivity contribution in [3.05, 3.63) is 70.1 Å². The molecule has 1 amide bonds. The lowest BCUT2D eigenvalue weighted by atomic mass is 10.1. The van der Waals surface area contributed by atoms with Crippen molar-refractivity contribution >= 4 is 45.2 Å². The largest absolute Gasteiger partial charge is 0.462 e. The summed E-state index contributed by atoms with van der Waals surface area (Å²) in [6.45, 7) is 3.78. The summed E-state index contributed by atoms with van der Waals surface area (Å²) in [5.41, 5.74) is 3.93. The lowest BCUT2D eigenvalue weighted by Crippen LogP contribution is -2.32. The molecule has 0 spiro atoms. The van der Waals surface area contributed by atoms with Gasteiger partial charge in [0.2, 0.25) is 0 Å². The molecule has 0 saturated heterocycles. The molecule has 4 aromatic rings. The third-order valence-corrected chi connectivity index (χ3v) is 8.05. The first-order valence-electron chi connectivity index (χ1n) is 13.4. The summed E-state index contributed by atoms with van der Waals surface area (Å²) < 4.78 is 11.0. The number of aromatic amines is 1. The second-order valence-corrected chi connectivity index (χ2v) is 10.5. The number of imidazole rings is 1. The zero-order valence-corrected chi connectivity index (χ0v) is 22.9. The van der Waals surface area contributed by atoms with Gasteiger partial charge >= 0.3 is 11.9 Å². The number of hydrogen-bond donors (Lipinski definition) is 2. The van der Waals surface area contributed by atoms with Gasteiger partial charge in [-0.15, -0.1) is 11.3 Å². The van der Waals surface area contributed by atoms with Crippen molar-refractivity contribution in [2.45, 2.75) is 58.5 Å². The number of carbonyl (C=O) groups excluding carboxylic acids is 3. The molecule has 1 aliphatic carbocycles. The van der Waals surface area contributed by atoms with E-state index in [0.717, 1.165) is 53.6 Å². The first kappa shape index (κ1) is 26.6. The Morgan fingerprint density at radius 1 is 1.00 bits per heavy atom. The third-order valence-electron chi connectivity index (χ3n) is 6.84. The minimum absolute atomic E-state index is 0.247. The quantitative estimate of drug-likeness (QED) is 0.198. The van der Waals surface area contributed by atoms with Crippen molar-refractivity contribution in [3.8, 4) is 11.4 Å². The van der Waals surface area contributed by atoms with Crippen molar-refractivity contribution in [2.24, 2.45) is 0 Å². The number of fused-ring (bicyclic) bond motifs is 2. The average Bonchev–Trinajstić information content (AvgIpc) is 3.45. The Morgan fingerprint density at radius 2 is 1.77 bits per heavy atom. The Balaban J connectivity index is 1.37. The molecule has 2 N–H and O–H groups in total. The lowest BCUT2D eigenvalue weighted by Gasteiger charge is -2.17. The van der Waals surface area contributed by atoms with Gasteiger partial charge in [-0.25, -0.2) is 14.6 Å². The van der Waals surface area contributed by atoms with Crippen LogP contribution in [0.5, 0.6) is 0 Å². The summed E-state index contributed by atoms with van der Waals surface area (Å²) in [6.07, 6.45) is 4.01. The van der Waals surface area contributed by atoms with Gasteiger partial charge in [0, 0.05) is 10.4 Å². The standard InChI is InChI=1S/C30H31N3O5S/c1-3-23(27(34)33-28-25(30(36)37-4-2)20-14-6-5-7-17-24(20)39-28)38-29(35)19-13-9-8-12-18(19)26-31-21-15-10-11-16-22(21)32-26/h8-13,15-16,23H,3-7,14,17H2,1-2H3,(H,31,32)(H,33,34). The normalized spacial score (nSPS) is 13.8. The molecule has 1 aliphatic rings. The lowest BCUT2D eigenvalue weighted by molar-refractivity contribution is -0.124. The van der Waals surface area contributed by atoms with Crippen LogP contribution in [0.25, 0.3) is 22.4 Å². The Kier molecular flexibility index (Phi) is 8.07. The van der Waals surface area contributed by atoms with Crippen LogP contribution >= 0.6 is 11.3 Å². The van der Waals surface area contributed by atoms with E-state index in [1.165, 1.54) is 11.3 Å². The molecule has 39 heavy (non-hydrogen) atoms. The summed E-state index contributed by atoms with van der Waals surface area (Å²) in [5.74, 6) is -0.993. The molecule has 0 radical (unpaired) electrons. The van der Waals surface area contributed by atoms with Gasteiger partial charge in [0.15, 0.2) is 6.10 Å². The molecule has 202 valence electrons. The Morgan fingerprint density at radius 3 is 2.56 bits per heavy atom. The number of anilines is 1. The highest BCUT2D eigenvalue weighted by Gasteiger charge is 2.30. The Bertz CT molecular complexity index is 1490. The van der Waals surface area contributed by atoms with E-state index in [4.69, 9.17) is 9.47 Å². The van der Waals surface area contributed by atoms with Gasteiger partial charge in [-0.1, -0.05) is 43.7 Å². The van der Waals surface area contributed by atoms with Crippen molar-refractivity contribution in [2.75, 3.05) is 11.9 Å². The van der Waals surface area contributed by atoms with Gasteiger partial charge in [0.05, 0.1) is 28.8 Å². The van der Waals surface area contributed by atoms with Crippen LogP contribution in [0.1, 0.15) is 70.7 Å². The summed E-state index contributed by atoms with van der Waals surface area (Å²) in [7, 11) is 0. The summed E-state index contributed by atoms with van der Waals surface area (Å²) in [5, 5.41) is 3.34. The number of nitrogens with one attached hydrogen (secondary N) is 2. The van der Waals surface area contributed by atoms with Gasteiger partial charge in [-0.3, -0.25) is 4.79 Å². The number of carbonyl (C=O) groups is 3. The van der Waals surface area contributed by atoms with Crippen LogP contribution in [0.4, 0.5) is 5.00 Å². The predicted octanol–water partition coefficient (Wildman–Crippen LogP) is 6.31. The van der Waals surface area contributed by atoms with Crippen molar-refractivity contribution in [3.63, 3.8) is 0 Å². The van der Waals surface area contributed by atoms with E-state index in [1.54, 1.807) is 32.0 Å². The van der Waals surface area contributed by atoms with E-state index in [1.807, 2.05) is 30.3 Å². The number of H-pyrrole nitrogens is 1. The summed E-state index contributed by atoms with van der Waals surface area (Å²) in [4.78, 5) is 48.5. The SMILES string of the molecule is CCOC(=O)c1c(NC(=O)C(CC)OC(=O)c2ccccc2-c2nc3ccccc3[nH]2)sc2c1CCCCC2. The molecule has 8 nitrogen and oxygen atoms in total. The number of aromatic nitrogens is 2. The summed E-state index contributed by atoms with van der Waals surface area (Å²) in [6, 6.07) is 14.6. The smallest absolute Gasteiger partial charge is 0.341 e. The van der Waals surface area contributed by atoms with E-state index < -0.39 is 23.9 Å². The number of thiophene rings is 1. The molecule has 5 rings (SSSR count). The fourth-order valence-corrected chi connectivity index (χ4v) is 6.19. The first-order valence-corrected chi connectivity index (χ1v) is 14.2. The fourth-order valence-electron chi connectivity index (χ4n) is 4.91. The van der Waals surface area contributed by atoms with Crippen molar-refractivity contribution in [1.82, 2.24) is 9.97 Å². The highest BCUT2D eigenvalue weighted by Crippen LogP contribution is 2.38. The molecule has 1 unspecified atom stereocenters. The maximum atomic E-state index is 13.3. The number of nitrogens with zero attached hydrogens (tertiary/aromatic N) is 1. The number of ether oxygens (including phenoxy) is 2.